The molecule has 0 heterocycles. The van der Waals surface area contributed by atoms with E-state index in [2.05, 4.69) is 12.2 Å². The Kier molecular flexibility index (Phi) is 4.66. The van der Waals surface area contributed by atoms with Crippen molar-refractivity contribution in [3.63, 3.8) is 0 Å². The van der Waals surface area contributed by atoms with E-state index in [4.69, 9.17) is 0 Å². The van der Waals surface area contributed by atoms with Crippen LogP contribution in [0, 0.1) is 11.8 Å². The molecule has 0 aromatic carbocycles. The lowest BCUT2D eigenvalue weighted by Gasteiger charge is -2.33. The van der Waals surface area contributed by atoms with Crippen molar-refractivity contribution in [2.75, 3.05) is 6.54 Å². The molecule has 0 aromatic rings. The van der Waals surface area contributed by atoms with Gasteiger partial charge in [-0.05, 0) is 31.6 Å². The van der Waals surface area contributed by atoms with Gasteiger partial charge >= 0.3 is 0 Å². The van der Waals surface area contributed by atoms with Crippen LogP contribution in [0.4, 0.5) is 0 Å². The van der Waals surface area contributed by atoms with Gasteiger partial charge in [0.2, 0.25) is 5.91 Å². The van der Waals surface area contributed by atoms with Crippen LogP contribution in [-0.4, -0.2) is 23.2 Å². The first-order valence-electron chi connectivity index (χ1n) is 7.59. The quantitative estimate of drug-likeness (QED) is 0.812. The summed E-state index contributed by atoms with van der Waals surface area (Å²) < 4.78 is 0. The molecule has 0 saturated heterocycles. The number of aliphatic hydroxyl groups is 1. The maximum atomic E-state index is 12.1. The number of hydrogen-bond acceptors (Lipinski definition) is 2. The molecule has 2 fully saturated rings. The van der Waals surface area contributed by atoms with Crippen molar-refractivity contribution < 1.29 is 9.90 Å². The van der Waals surface area contributed by atoms with Gasteiger partial charge in [0, 0.05) is 12.5 Å². The second-order valence-electron chi connectivity index (χ2n) is 6.47. The van der Waals surface area contributed by atoms with Gasteiger partial charge in [-0.2, -0.15) is 0 Å². The van der Waals surface area contributed by atoms with Crippen molar-refractivity contribution in [3.8, 4) is 0 Å². The van der Waals surface area contributed by atoms with E-state index in [1.54, 1.807) is 0 Å². The van der Waals surface area contributed by atoms with Gasteiger partial charge in [-0.1, -0.05) is 39.0 Å². The number of carbonyl (C=O) groups excluding carboxylic acids is 1. The third-order valence-electron chi connectivity index (χ3n) is 4.68. The van der Waals surface area contributed by atoms with Crippen LogP contribution in [0.5, 0.6) is 0 Å². The van der Waals surface area contributed by atoms with Crippen molar-refractivity contribution in [1.82, 2.24) is 5.32 Å². The van der Waals surface area contributed by atoms with Gasteiger partial charge in [0.1, 0.15) is 0 Å². The average molecular weight is 253 g/mol. The smallest absolute Gasteiger partial charge is 0.223 e. The SMILES string of the molecule is CC1CCCC(C(=O)NCC2(O)CCCCC2)C1. The summed E-state index contributed by atoms with van der Waals surface area (Å²) in [6.07, 6.45) is 9.55. The lowest BCUT2D eigenvalue weighted by molar-refractivity contribution is -0.128. The zero-order chi connectivity index (χ0) is 13.0. The van der Waals surface area contributed by atoms with Crippen molar-refractivity contribution in [1.29, 1.82) is 0 Å². The fraction of sp³-hybridized carbons (Fsp3) is 0.933. The van der Waals surface area contributed by atoms with Gasteiger partial charge < -0.3 is 10.4 Å². The average Bonchev–Trinajstić information content (AvgIpc) is 2.37. The lowest BCUT2D eigenvalue weighted by Crippen LogP contribution is -2.46. The van der Waals surface area contributed by atoms with Crippen LogP contribution in [-0.2, 0) is 4.79 Å². The molecule has 2 aliphatic carbocycles. The minimum Gasteiger partial charge on any atom is -0.388 e. The van der Waals surface area contributed by atoms with E-state index in [-0.39, 0.29) is 11.8 Å². The third-order valence-corrected chi connectivity index (χ3v) is 4.68. The van der Waals surface area contributed by atoms with Gasteiger partial charge in [0.15, 0.2) is 0 Å². The molecule has 1 amide bonds. The largest absolute Gasteiger partial charge is 0.388 e. The van der Waals surface area contributed by atoms with Gasteiger partial charge in [-0.25, -0.2) is 0 Å². The number of nitrogens with one attached hydrogen (secondary N) is 1. The molecule has 2 saturated carbocycles. The van der Waals surface area contributed by atoms with E-state index in [0.717, 1.165) is 38.5 Å². The minimum atomic E-state index is -0.631. The Morgan fingerprint density at radius 2 is 1.94 bits per heavy atom. The zero-order valence-electron chi connectivity index (χ0n) is 11.6. The van der Waals surface area contributed by atoms with Crippen LogP contribution in [0.3, 0.4) is 0 Å². The van der Waals surface area contributed by atoms with Crippen molar-refractivity contribution in [2.24, 2.45) is 11.8 Å². The molecule has 2 atom stereocenters. The van der Waals surface area contributed by atoms with Gasteiger partial charge in [-0.15, -0.1) is 0 Å². The van der Waals surface area contributed by atoms with Crippen LogP contribution in [0.2, 0.25) is 0 Å². The molecular weight excluding hydrogens is 226 g/mol. The molecule has 2 aliphatic rings. The Morgan fingerprint density at radius 1 is 1.22 bits per heavy atom. The first-order chi connectivity index (χ1) is 8.59. The Labute approximate surface area is 110 Å². The minimum absolute atomic E-state index is 0.167. The molecule has 3 heteroatoms. The molecule has 2 rings (SSSR count). The summed E-state index contributed by atoms with van der Waals surface area (Å²) in [7, 11) is 0. The summed E-state index contributed by atoms with van der Waals surface area (Å²) in [6, 6.07) is 0. The van der Waals surface area contributed by atoms with E-state index in [1.807, 2.05) is 0 Å². The summed E-state index contributed by atoms with van der Waals surface area (Å²) >= 11 is 0. The van der Waals surface area contributed by atoms with Crippen LogP contribution >= 0.6 is 0 Å². The van der Waals surface area contributed by atoms with Crippen molar-refractivity contribution in [3.05, 3.63) is 0 Å². The first-order valence-corrected chi connectivity index (χ1v) is 7.59. The molecule has 2 unspecified atom stereocenters. The van der Waals surface area contributed by atoms with E-state index < -0.39 is 5.60 Å². The summed E-state index contributed by atoms with van der Waals surface area (Å²) in [5, 5.41) is 13.3. The van der Waals surface area contributed by atoms with Crippen LogP contribution in [0.15, 0.2) is 0 Å². The number of hydrogen-bond donors (Lipinski definition) is 2. The van der Waals surface area contributed by atoms with Gasteiger partial charge in [0.25, 0.3) is 0 Å². The van der Waals surface area contributed by atoms with E-state index in [9.17, 15) is 9.90 Å². The Hall–Kier alpha value is -0.570. The van der Waals surface area contributed by atoms with Crippen LogP contribution in [0.25, 0.3) is 0 Å². The molecule has 0 bridgehead atoms. The predicted molar refractivity (Wildman–Crippen MR) is 72.2 cm³/mol. The first kappa shape index (κ1) is 13.9. The van der Waals surface area contributed by atoms with Gasteiger partial charge in [-0.3, -0.25) is 4.79 Å². The predicted octanol–water partition coefficient (Wildman–Crippen LogP) is 2.62. The topological polar surface area (TPSA) is 49.3 Å². The highest BCUT2D eigenvalue weighted by Crippen LogP contribution is 2.30. The molecule has 18 heavy (non-hydrogen) atoms. The normalized spacial score (nSPS) is 31.9. The van der Waals surface area contributed by atoms with Crippen molar-refractivity contribution >= 4 is 5.91 Å². The molecule has 0 radical (unpaired) electrons. The van der Waals surface area contributed by atoms with Crippen molar-refractivity contribution in [2.45, 2.75) is 70.3 Å². The van der Waals surface area contributed by atoms with Crippen LogP contribution in [0.1, 0.15) is 64.7 Å². The highest BCUT2D eigenvalue weighted by atomic mass is 16.3. The molecule has 104 valence electrons. The Balaban J connectivity index is 1.76. The Morgan fingerprint density at radius 3 is 2.61 bits per heavy atom. The molecule has 0 spiro atoms. The molecule has 2 N–H and O–H groups in total. The van der Waals surface area contributed by atoms with Crippen LogP contribution < -0.4 is 5.32 Å². The van der Waals surface area contributed by atoms with Gasteiger partial charge in [0.05, 0.1) is 5.60 Å². The van der Waals surface area contributed by atoms with E-state index in [1.165, 1.54) is 19.3 Å². The second kappa shape index (κ2) is 6.05. The standard InChI is InChI=1S/C15H27NO2/c1-12-6-5-7-13(10-12)14(17)16-11-15(18)8-3-2-4-9-15/h12-13,18H,2-11H2,1H3,(H,16,17). The molecule has 0 aliphatic heterocycles. The maximum absolute atomic E-state index is 12.1. The fourth-order valence-electron chi connectivity index (χ4n) is 3.45. The second-order valence-corrected chi connectivity index (χ2v) is 6.47. The van der Waals surface area contributed by atoms with E-state index >= 15 is 0 Å². The highest BCUT2D eigenvalue weighted by molar-refractivity contribution is 5.78. The lowest BCUT2D eigenvalue weighted by atomic mass is 9.81. The van der Waals surface area contributed by atoms with E-state index in [0.29, 0.717) is 12.5 Å². The number of carbonyl (C=O) groups is 1. The number of amides is 1. The third kappa shape index (κ3) is 3.71. The number of rotatable bonds is 3. The molecule has 0 aromatic heterocycles. The maximum Gasteiger partial charge on any atom is 0.223 e. The summed E-state index contributed by atoms with van der Waals surface area (Å²) in [5.41, 5.74) is -0.631. The monoisotopic (exact) mass is 253 g/mol. The summed E-state index contributed by atoms with van der Waals surface area (Å²) in [5.74, 6) is 1.02. The Bertz CT molecular complexity index is 284. The highest BCUT2D eigenvalue weighted by Gasteiger charge is 2.31. The summed E-state index contributed by atoms with van der Waals surface area (Å²) in [4.78, 5) is 12.1. The fourth-order valence-corrected chi connectivity index (χ4v) is 3.45. The zero-order valence-corrected chi connectivity index (χ0v) is 11.6. The molecule has 3 nitrogen and oxygen atoms in total. The summed E-state index contributed by atoms with van der Waals surface area (Å²) in [6.45, 7) is 2.69. The molecular formula is C15H27NO2.